The van der Waals surface area contributed by atoms with Gasteiger partial charge in [0.1, 0.15) is 5.57 Å². The molecule has 0 unspecified atom stereocenters. The van der Waals surface area contributed by atoms with Crippen molar-refractivity contribution in [3.05, 3.63) is 41.0 Å². The minimum atomic E-state index is -0.756. The van der Waals surface area contributed by atoms with Crippen molar-refractivity contribution in [1.29, 1.82) is 0 Å². The number of rotatable bonds is 4. The molecule has 0 saturated carbocycles. The van der Waals surface area contributed by atoms with Crippen molar-refractivity contribution in [3.63, 3.8) is 0 Å². The molecule has 0 aliphatic heterocycles. The van der Waals surface area contributed by atoms with Crippen LogP contribution in [0.3, 0.4) is 0 Å². The van der Waals surface area contributed by atoms with Crippen LogP contribution >= 0.6 is 0 Å². The van der Waals surface area contributed by atoms with Crippen molar-refractivity contribution in [2.75, 3.05) is 14.2 Å². The third-order valence-corrected chi connectivity index (χ3v) is 2.28. The first-order valence-electron chi connectivity index (χ1n) is 5.20. The SMILES string of the molecule is COC(=O)C(=Cc1ccc(CO)cc1)C(=O)OC. The molecule has 0 radical (unpaired) electrons. The van der Waals surface area contributed by atoms with E-state index in [1.165, 1.54) is 20.3 Å². The zero-order valence-electron chi connectivity index (χ0n) is 10.2. The van der Waals surface area contributed by atoms with Gasteiger partial charge in [0.05, 0.1) is 20.8 Å². The van der Waals surface area contributed by atoms with Gasteiger partial charge in [-0.1, -0.05) is 24.3 Å². The first kappa shape index (κ1) is 13.9. The predicted octanol–water partition coefficient (Wildman–Crippen LogP) is 0.908. The smallest absolute Gasteiger partial charge is 0.345 e. The maximum absolute atomic E-state index is 11.4. The zero-order chi connectivity index (χ0) is 13.5. The largest absolute Gasteiger partial charge is 0.465 e. The average Bonchev–Trinajstić information content (AvgIpc) is 2.43. The molecule has 18 heavy (non-hydrogen) atoms. The predicted molar refractivity (Wildman–Crippen MR) is 64.4 cm³/mol. The lowest BCUT2D eigenvalue weighted by Gasteiger charge is -2.03. The number of carbonyl (C=O) groups excluding carboxylic acids is 2. The van der Waals surface area contributed by atoms with Crippen LogP contribution in [-0.2, 0) is 25.7 Å². The fraction of sp³-hybridized carbons (Fsp3) is 0.231. The summed E-state index contributed by atoms with van der Waals surface area (Å²) in [6.07, 6.45) is 1.37. The topological polar surface area (TPSA) is 72.8 Å². The average molecular weight is 250 g/mol. The number of ether oxygens (including phenoxy) is 2. The van der Waals surface area contributed by atoms with Crippen molar-refractivity contribution < 1.29 is 24.2 Å². The quantitative estimate of drug-likeness (QED) is 0.372. The van der Waals surface area contributed by atoms with Crippen LogP contribution in [0.1, 0.15) is 11.1 Å². The van der Waals surface area contributed by atoms with E-state index in [0.29, 0.717) is 5.56 Å². The molecule has 0 fully saturated rings. The molecule has 0 spiro atoms. The van der Waals surface area contributed by atoms with Crippen LogP contribution in [-0.4, -0.2) is 31.3 Å². The second-order valence-corrected chi connectivity index (χ2v) is 3.44. The van der Waals surface area contributed by atoms with E-state index in [1.54, 1.807) is 24.3 Å². The van der Waals surface area contributed by atoms with Gasteiger partial charge in [-0.2, -0.15) is 0 Å². The van der Waals surface area contributed by atoms with Crippen molar-refractivity contribution >= 4 is 18.0 Å². The lowest BCUT2D eigenvalue weighted by molar-refractivity contribution is -0.143. The van der Waals surface area contributed by atoms with Gasteiger partial charge in [0.2, 0.25) is 0 Å². The molecule has 1 aromatic rings. The first-order chi connectivity index (χ1) is 8.62. The van der Waals surface area contributed by atoms with Crippen LogP contribution in [0.5, 0.6) is 0 Å². The Labute approximate surface area is 105 Å². The summed E-state index contributed by atoms with van der Waals surface area (Å²) in [4.78, 5) is 22.8. The molecule has 0 heterocycles. The zero-order valence-corrected chi connectivity index (χ0v) is 10.2. The number of aliphatic hydroxyl groups is 1. The number of hydrogen-bond acceptors (Lipinski definition) is 5. The van der Waals surface area contributed by atoms with E-state index in [0.717, 1.165) is 5.56 Å². The van der Waals surface area contributed by atoms with Gasteiger partial charge >= 0.3 is 11.9 Å². The molecule has 0 aliphatic carbocycles. The van der Waals surface area contributed by atoms with Gasteiger partial charge in [-0.3, -0.25) is 0 Å². The molecule has 0 bridgehead atoms. The number of methoxy groups -OCH3 is 2. The fourth-order valence-electron chi connectivity index (χ4n) is 1.31. The number of carbonyl (C=O) groups is 2. The number of benzene rings is 1. The molecule has 96 valence electrons. The van der Waals surface area contributed by atoms with Crippen LogP contribution < -0.4 is 0 Å². The van der Waals surface area contributed by atoms with Crippen molar-refractivity contribution in [2.45, 2.75) is 6.61 Å². The molecular formula is C13H14O5. The summed E-state index contributed by atoms with van der Waals surface area (Å²) in [5, 5.41) is 8.90. The lowest BCUT2D eigenvalue weighted by atomic mass is 10.1. The molecule has 1 rings (SSSR count). The van der Waals surface area contributed by atoms with Gasteiger partial charge in [0.25, 0.3) is 0 Å². The van der Waals surface area contributed by atoms with Crippen molar-refractivity contribution in [3.8, 4) is 0 Å². The number of hydrogen-bond donors (Lipinski definition) is 1. The Balaban J connectivity index is 3.06. The second-order valence-electron chi connectivity index (χ2n) is 3.44. The van der Waals surface area contributed by atoms with Crippen LogP contribution in [0.15, 0.2) is 29.8 Å². The van der Waals surface area contributed by atoms with Gasteiger partial charge in [-0.15, -0.1) is 0 Å². The Kier molecular flexibility index (Phi) is 5.07. The highest BCUT2D eigenvalue weighted by atomic mass is 16.5. The van der Waals surface area contributed by atoms with E-state index in [1.807, 2.05) is 0 Å². The monoisotopic (exact) mass is 250 g/mol. The highest BCUT2D eigenvalue weighted by molar-refractivity contribution is 6.17. The van der Waals surface area contributed by atoms with Crippen LogP contribution in [0.2, 0.25) is 0 Å². The summed E-state index contributed by atoms with van der Waals surface area (Å²) >= 11 is 0. The van der Waals surface area contributed by atoms with Gasteiger partial charge in [0.15, 0.2) is 0 Å². The molecule has 0 saturated heterocycles. The molecule has 0 amide bonds. The van der Waals surface area contributed by atoms with Crippen LogP contribution in [0, 0.1) is 0 Å². The Morgan fingerprint density at radius 3 is 2.00 bits per heavy atom. The highest BCUT2D eigenvalue weighted by Crippen LogP contribution is 2.11. The summed E-state index contributed by atoms with van der Waals surface area (Å²) in [5.41, 5.74) is 1.19. The minimum Gasteiger partial charge on any atom is -0.465 e. The van der Waals surface area contributed by atoms with E-state index in [2.05, 4.69) is 9.47 Å². The molecule has 1 N–H and O–H groups in total. The third kappa shape index (κ3) is 3.43. The Morgan fingerprint density at radius 1 is 1.11 bits per heavy atom. The van der Waals surface area contributed by atoms with Crippen LogP contribution in [0.25, 0.3) is 6.08 Å². The molecule has 0 aliphatic rings. The summed E-state index contributed by atoms with van der Waals surface area (Å²) in [6.45, 7) is -0.0646. The second kappa shape index (κ2) is 6.56. The van der Waals surface area contributed by atoms with Gasteiger partial charge in [-0.25, -0.2) is 9.59 Å². The molecule has 0 atom stereocenters. The maximum Gasteiger partial charge on any atom is 0.345 e. The van der Waals surface area contributed by atoms with E-state index in [4.69, 9.17) is 5.11 Å². The number of aliphatic hydroxyl groups excluding tert-OH is 1. The first-order valence-corrected chi connectivity index (χ1v) is 5.20. The van der Waals surface area contributed by atoms with Gasteiger partial charge in [0, 0.05) is 0 Å². The number of esters is 2. The normalized spacial score (nSPS) is 9.50. The Morgan fingerprint density at radius 2 is 1.61 bits per heavy atom. The van der Waals surface area contributed by atoms with Crippen molar-refractivity contribution in [2.24, 2.45) is 0 Å². The van der Waals surface area contributed by atoms with E-state index in [9.17, 15) is 9.59 Å². The summed E-state index contributed by atoms with van der Waals surface area (Å²) in [5.74, 6) is -1.51. The Bertz CT molecular complexity index is 441. The third-order valence-electron chi connectivity index (χ3n) is 2.28. The van der Waals surface area contributed by atoms with E-state index < -0.39 is 11.9 Å². The van der Waals surface area contributed by atoms with Crippen LogP contribution in [0.4, 0.5) is 0 Å². The molecule has 1 aromatic carbocycles. The minimum absolute atomic E-state index is 0.0646. The highest BCUT2D eigenvalue weighted by Gasteiger charge is 2.19. The standard InChI is InChI=1S/C13H14O5/c1-17-12(15)11(13(16)18-2)7-9-3-5-10(8-14)6-4-9/h3-7,14H,8H2,1-2H3. The summed E-state index contributed by atoms with van der Waals surface area (Å²) in [6, 6.07) is 6.74. The Hall–Kier alpha value is -2.14. The molecule has 5 heteroatoms. The fourth-order valence-corrected chi connectivity index (χ4v) is 1.31. The summed E-state index contributed by atoms with van der Waals surface area (Å²) in [7, 11) is 2.38. The maximum atomic E-state index is 11.4. The summed E-state index contributed by atoms with van der Waals surface area (Å²) < 4.78 is 9.01. The van der Waals surface area contributed by atoms with E-state index >= 15 is 0 Å². The molecule has 5 nitrogen and oxygen atoms in total. The van der Waals surface area contributed by atoms with Gasteiger partial charge < -0.3 is 14.6 Å². The van der Waals surface area contributed by atoms with Gasteiger partial charge in [-0.05, 0) is 17.2 Å². The van der Waals surface area contributed by atoms with E-state index in [-0.39, 0.29) is 12.2 Å². The van der Waals surface area contributed by atoms with Crippen molar-refractivity contribution in [1.82, 2.24) is 0 Å². The molecular weight excluding hydrogens is 236 g/mol. The lowest BCUT2D eigenvalue weighted by Crippen LogP contribution is -2.15. The molecule has 0 aromatic heterocycles.